The van der Waals surface area contributed by atoms with Gasteiger partial charge in [0.2, 0.25) is 0 Å². The van der Waals surface area contributed by atoms with Gasteiger partial charge in [-0.25, -0.2) is 4.39 Å². The molecule has 0 aliphatic rings. The molecule has 106 valence electrons. The van der Waals surface area contributed by atoms with Gasteiger partial charge in [-0.1, -0.05) is 72.2 Å². The number of hydrogen-bond acceptors (Lipinski definition) is 0. The average molecular weight is 335 g/mol. The van der Waals surface area contributed by atoms with E-state index in [1.165, 1.54) is 17.2 Å². The highest BCUT2D eigenvalue weighted by atomic mass is 79.9. The Morgan fingerprint density at radius 3 is 2.20 bits per heavy atom. The zero-order chi connectivity index (χ0) is 14.5. The number of halogens is 2. The molecule has 0 aliphatic heterocycles. The standard InChI is InChI=1S/C18H20BrF/c1-13(2)15-9-7-14(8-10-15)11-16(12-19)17-5-3-4-6-18(17)20/h3-10,13,16H,11-12H2,1-2H3. The van der Waals surface area contributed by atoms with Gasteiger partial charge in [0, 0.05) is 11.2 Å². The minimum Gasteiger partial charge on any atom is -0.207 e. The minimum absolute atomic E-state index is 0.115. The molecule has 1 unspecified atom stereocenters. The van der Waals surface area contributed by atoms with E-state index >= 15 is 0 Å². The highest BCUT2D eigenvalue weighted by Crippen LogP contribution is 2.26. The van der Waals surface area contributed by atoms with Crippen LogP contribution in [0.15, 0.2) is 48.5 Å². The SMILES string of the molecule is CC(C)c1ccc(CC(CBr)c2ccccc2F)cc1. The normalized spacial score (nSPS) is 12.7. The molecule has 0 saturated heterocycles. The molecule has 2 aromatic rings. The minimum atomic E-state index is -0.115. The van der Waals surface area contributed by atoms with E-state index < -0.39 is 0 Å². The van der Waals surface area contributed by atoms with Gasteiger partial charge < -0.3 is 0 Å². The van der Waals surface area contributed by atoms with Crippen molar-refractivity contribution in [1.29, 1.82) is 0 Å². The summed E-state index contributed by atoms with van der Waals surface area (Å²) in [7, 11) is 0. The summed E-state index contributed by atoms with van der Waals surface area (Å²) in [5.41, 5.74) is 3.38. The number of alkyl halides is 1. The molecular formula is C18H20BrF. The first kappa shape index (κ1) is 15.2. The Balaban J connectivity index is 2.16. The average Bonchev–Trinajstić information content (AvgIpc) is 2.46. The van der Waals surface area contributed by atoms with Crippen LogP contribution in [0.2, 0.25) is 0 Å². The molecular weight excluding hydrogens is 315 g/mol. The zero-order valence-electron chi connectivity index (χ0n) is 11.9. The monoisotopic (exact) mass is 334 g/mol. The molecule has 20 heavy (non-hydrogen) atoms. The predicted octanol–water partition coefficient (Wildman–Crippen LogP) is 5.67. The van der Waals surface area contributed by atoms with Crippen molar-refractivity contribution in [1.82, 2.24) is 0 Å². The van der Waals surface area contributed by atoms with Crippen molar-refractivity contribution in [2.75, 3.05) is 5.33 Å². The molecule has 0 heterocycles. The van der Waals surface area contributed by atoms with Crippen LogP contribution < -0.4 is 0 Å². The molecule has 0 saturated carbocycles. The maximum Gasteiger partial charge on any atom is 0.126 e. The second kappa shape index (κ2) is 7.03. The molecule has 0 aromatic heterocycles. The summed E-state index contributed by atoms with van der Waals surface area (Å²) in [6.07, 6.45) is 0.852. The highest BCUT2D eigenvalue weighted by Gasteiger charge is 2.15. The van der Waals surface area contributed by atoms with E-state index in [1.54, 1.807) is 6.07 Å². The molecule has 0 fully saturated rings. The van der Waals surface area contributed by atoms with Crippen molar-refractivity contribution in [3.05, 3.63) is 71.0 Å². The van der Waals surface area contributed by atoms with Gasteiger partial charge in [0.25, 0.3) is 0 Å². The Morgan fingerprint density at radius 1 is 1.00 bits per heavy atom. The van der Waals surface area contributed by atoms with Crippen LogP contribution in [0.5, 0.6) is 0 Å². The number of benzene rings is 2. The van der Waals surface area contributed by atoms with Gasteiger partial charge in [0.15, 0.2) is 0 Å². The van der Waals surface area contributed by atoms with E-state index in [9.17, 15) is 4.39 Å². The third-order valence-electron chi connectivity index (χ3n) is 3.66. The maximum absolute atomic E-state index is 13.9. The predicted molar refractivity (Wildman–Crippen MR) is 87.2 cm³/mol. The Bertz CT molecular complexity index is 546. The number of hydrogen-bond donors (Lipinski definition) is 0. The lowest BCUT2D eigenvalue weighted by Gasteiger charge is -2.16. The quantitative estimate of drug-likeness (QED) is 0.618. The fourth-order valence-corrected chi connectivity index (χ4v) is 2.95. The molecule has 0 radical (unpaired) electrons. The van der Waals surface area contributed by atoms with Gasteiger partial charge in [-0.3, -0.25) is 0 Å². The van der Waals surface area contributed by atoms with Gasteiger partial charge in [0.1, 0.15) is 5.82 Å². The molecule has 0 amide bonds. The molecule has 0 bridgehead atoms. The van der Waals surface area contributed by atoms with Crippen LogP contribution in [0.4, 0.5) is 4.39 Å². The van der Waals surface area contributed by atoms with Gasteiger partial charge >= 0.3 is 0 Å². The molecule has 0 nitrogen and oxygen atoms in total. The lowest BCUT2D eigenvalue weighted by atomic mass is 9.92. The van der Waals surface area contributed by atoms with Crippen molar-refractivity contribution in [3.63, 3.8) is 0 Å². The van der Waals surface area contributed by atoms with Crippen LogP contribution in [0.1, 0.15) is 42.4 Å². The van der Waals surface area contributed by atoms with Crippen molar-refractivity contribution < 1.29 is 4.39 Å². The zero-order valence-corrected chi connectivity index (χ0v) is 13.5. The summed E-state index contributed by atoms with van der Waals surface area (Å²) in [6.45, 7) is 4.38. The van der Waals surface area contributed by atoms with Gasteiger partial charge in [-0.05, 0) is 35.1 Å². The summed E-state index contributed by atoms with van der Waals surface area (Å²) >= 11 is 3.52. The first-order valence-corrected chi connectivity index (χ1v) is 8.13. The largest absolute Gasteiger partial charge is 0.207 e. The van der Waals surface area contributed by atoms with E-state index in [1.807, 2.05) is 12.1 Å². The molecule has 2 aromatic carbocycles. The van der Waals surface area contributed by atoms with Crippen LogP contribution in [-0.2, 0) is 6.42 Å². The van der Waals surface area contributed by atoms with Crippen LogP contribution in [0.25, 0.3) is 0 Å². The summed E-state index contributed by atoms with van der Waals surface area (Å²) in [4.78, 5) is 0. The Kier molecular flexibility index (Phi) is 5.36. The first-order valence-electron chi connectivity index (χ1n) is 7.01. The Morgan fingerprint density at radius 2 is 1.65 bits per heavy atom. The lowest BCUT2D eigenvalue weighted by Crippen LogP contribution is -2.07. The third kappa shape index (κ3) is 3.69. The molecule has 2 heteroatoms. The maximum atomic E-state index is 13.9. The van der Waals surface area contributed by atoms with Crippen molar-refractivity contribution in [2.45, 2.75) is 32.1 Å². The summed E-state index contributed by atoms with van der Waals surface area (Å²) in [5, 5.41) is 0.764. The Labute approximate surface area is 129 Å². The third-order valence-corrected chi connectivity index (χ3v) is 4.44. The number of rotatable bonds is 5. The van der Waals surface area contributed by atoms with E-state index in [2.05, 4.69) is 54.0 Å². The van der Waals surface area contributed by atoms with Crippen molar-refractivity contribution in [2.24, 2.45) is 0 Å². The van der Waals surface area contributed by atoms with Gasteiger partial charge in [0.05, 0.1) is 0 Å². The molecule has 2 rings (SSSR count). The second-order valence-electron chi connectivity index (χ2n) is 5.47. The van der Waals surface area contributed by atoms with Crippen molar-refractivity contribution >= 4 is 15.9 Å². The van der Waals surface area contributed by atoms with E-state index in [0.29, 0.717) is 5.92 Å². The van der Waals surface area contributed by atoms with Crippen LogP contribution >= 0.6 is 15.9 Å². The topological polar surface area (TPSA) is 0 Å². The smallest absolute Gasteiger partial charge is 0.126 e. The van der Waals surface area contributed by atoms with Crippen LogP contribution in [0.3, 0.4) is 0 Å². The summed E-state index contributed by atoms with van der Waals surface area (Å²) < 4.78 is 13.9. The van der Waals surface area contributed by atoms with Crippen LogP contribution in [-0.4, -0.2) is 5.33 Å². The van der Waals surface area contributed by atoms with E-state index in [4.69, 9.17) is 0 Å². The molecule has 0 aliphatic carbocycles. The van der Waals surface area contributed by atoms with E-state index in [-0.39, 0.29) is 11.7 Å². The van der Waals surface area contributed by atoms with Crippen molar-refractivity contribution in [3.8, 4) is 0 Å². The second-order valence-corrected chi connectivity index (χ2v) is 6.12. The Hall–Kier alpha value is -1.15. The van der Waals surface area contributed by atoms with Gasteiger partial charge in [-0.15, -0.1) is 0 Å². The highest BCUT2D eigenvalue weighted by molar-refractivity contribution is 9.09. The van der Waals surface area contributed by atoms with Crippen LogP contribution in [0, 0.1) is 5.82 Å². The lowest BCUT2D eigenvalue weighted by molar-refractivity contribution is 0.590. The first-order chi connectivity index (χ1) is 9.61. The van der Waals surface area contributed by atoms with E-state index in [0.717, 1.165) is 17.3 Å². The fraction of sp³-hybridized carbons (Fsp3) is 0.333. The summed E-state index contributed by atoms with van der Waals surface area (Å²) in [5.74, 6) is 0.597. The molecule has 0 spiro atoms. The molecule has 0 N–H and O–H groups in total. The van der Waals surface area contributed by atoms with Gasteiger partial charge in [-0.2, -0.15) is 0 Å². The summed E-state index contributed by atoms with van der Waals surface area (Å²) in [6, 6.07) is 15.7. The fourth-order valence-electron chi connectivity index (χ4n) is 2.38. The molecule has 1 atom stereocenters.